The number of methoxy groups -OCH3 is 1. The Balaban J connectivity index is 1.91. The van der Waals surface area contributed by atoms with Crippen LogP contribution in [0, 0.1) is 5.41 Å². The lowest BCUT2D eigenvalue weighted by Crippen LogP contribution is -2.36. The lowest BCUT2D eigenvalue weighted by molar-refractivity contribution is -0.173. The average Bonchev–Trinajstić information content (AvgIpc) is 2.83. The quantitative estimate of drug-likeness (QED) is 0.123. The van der Waals surface area contributed by atoms with Crippen molar-refractivity contribution in [3.05, 3.63) is 70.6 Å². The van der Waals surface area contributed by atoms with Gasteiger partial charge in [-0.2, -0.15) is 26.3 Å². The predicted octanol–water partition coefficient (Wildman–Crippen LogP) is 6.94. The molecule has 0 spiro atoms. The fraction of sp³-hybridized carbons (Fsp3) is 0.333. The Morgan fingerprint density at radius 2 is 1.62 bits per heavy atom. The van der Waals surface area contributed by atoms with Crippen LogP contribution in [0.5, 0.6) is 11.5 Å². The number of esters is 1. The predicted molar refractivity (Wildman–Crippen MR) is 130 cm³/mol. The largest absolute Gasteiger partial charge is 0.497 e. The van der Waals surface area contributed by atoms with Crippen molar-refractivity contribution in [1.29, 1.82) is 0 Å². The van der Waals surface area contributed by atoms with Crippen LogP contribution in [0.4, 0.5) is 26.3 Å². The molecule has 0 fully saturated rings. The Bertz CT molecular complexity index is 1440. The van der Waals surface area contributed by atoms with Gasteiger partial charge in [-0.3, -0.25) is 0 Å². The van der Waals surface area contributed by atoms with Crippen molar-refractivity contribution in [2.75, 3.05) is 20.3 Å². The number of halogens is 6. The van der Waals surface area contributed by atoms with E-state index >= 15 is 0 Å². The molecule has 0 saturated carbocycles. The molecule has 3 rings (SSSR count). The SMILES string of the molecule is C=C(C)C(=O)OCC(C)(COc1ccc2cc(-c3ccc(OC)cc3C(F)(F)F)c(=O)oc2c1)CC(F)(F)F. The van der Waals surface area contributed by atoms with E-state index in [0.29, 0.717) is 0 Å². The minimum Gasteiger partial charge on any atom is -0.497 e. The Morgan fingerprint density at radius 1 is 0.949 bits per heavy atom. The van der Waals surface area contributed by atoms with Gasteiger partial charge in [-0.1, -0.05) is 13.5 Å². The van der Waals surface area contributed by atoms with Gasteiger partial charge in [0.2, 0.25) is 0 Å². The number of fused-ring (bicyclic) bond motifs is 1. The zero-order valence-electron chi connectivity index (χ0n) is 21.1. The molecule has 0 aliphatic rings. The first kappa shape index (κ1) is 29.6. The van der Waals surface area contributed by atoms with Gasteiger partial charge in [0.05, 0.1) is 31.3 Å². The van der Waals surface area contributed by atoms with Gasteiger partial charge in [0.1, 0.15) is 23.7 Å². The summed E-state index contributed by atoms with van der Waals surface area (Å²) in [7, 11) is 1.21. The molecule has 0 amide bonds. The van der Waals surface area contributed by atoms with Gasteiger partial charge in [0.25, 0.3) is 0 Å². The molecule has 0 N–H and O–H groups in total. The van der Waals surface area contributed by atoms with Crippen LogP contribution in [0.25, 0.3) is 22.1 Å². The lowest BCUT2D eigenvalue weighted by atomic mass is 9.88. The summed E-state index contributed by atoms with van der Waals surface area (Å²) in [6.45, 7) is 4.84. The van der Waals surface area contributed by atoms with Crippen molar-refractivity contribution in [3.63, 3.8) is 0 Å². The molecule has 3 aromatic rings. The van der Waals surface area contributed by atoms with Crippen LogP contribution in [0.3, 0.4) is 0 Å². The first-order valence-electron chi connectivity index (χ1n) is 11.4. The highest BCUT2D eigenvalue weighted by Gasteiger charge is 2.41. The van der Waals surface area contributed by atoms with Crippen LogP contribution in [0.15, 0.2) is 63.8 Å². The third-order valence-corrected chi connectivity index (χ3v) is 5.64. The number of rotatable bonds is 9. The van der Waals surface area contributed by atoms with E-state index in [1.807, 2.05) is 0 Å². The molecule has 39 heavy (non-hydrogen) atoms. The van der Waals surface area contributed by atoms with E-state index in [4.69, 9.17) is 18.6 Å². The van der Waals surface area contributed by atoms with E-state index in [1.165, 1.54) is 51.3 Å². The summed E-state index contributed by atoms with van der Waals surface area (Å²) in [6.07, 6.45) is -10.7. The highest BCUT2D eigenvalue weighted by atomic mass is 19.4. The van der Waals surface area contributed by atoms with Gasteiger partial charge in [0, 0.05) is 28.0 Å². The number of hydrogen-bond acceptors (Lipinski definition) is 6. The van der Waals surface area contributed by atoms with Gasteiger partial charge in [0.15, 0.2) is 0 Å². The Kier molecular flexibility index (Phi) is 8.37. The summed E-state index contributed by atoms with van der Waals surface area (Å²) in [5.74, 6) is -0.874. The molecule has 0 radical (unpaired) electrons. The smallest absolute Gasteiger partial charge is 0.417 e. The van der Waals surface area contributed by atoms with Gasteiger partial charge in [-0.15, -0.1) is 0 Å². The van der Waals surface area contributed by atoms with E-state index in [0.717, 1.165) is 12.1 Å². The second-order valence-corrected chi connectivity index (χ2v) is 9.30. The molecule has 210 valence electrons. The van der Waals surface area contributed by atoms with Crippen molar-refractivity contribution in [1.82, 2.24) is 0 Å². The van der Waals surface area contributed by atoms with Crippen LogP contribution >= 0.6 is 0 Å². The van der Waals surface area contributed by atoms with E-state index in [9.17, 15) is 35.9 Å². The first-order chi connectivity index (χ1) is 18.0. The third kappa shape index (κ3) is 7.55. The van der Waals surface area contributed by atoms with Gasteiger partial charge < -0.3 is 18.6 Å². The Morgan fingerprint density at radius 3 is 2.21 bits per heavy atom. The number of carbonyl (C=O) groups is 1. The fourth-order valence-corrected chi connectivity index (χ4v) is 3.74. The number of benzene rings is 2. The minimum atomic E-state index is -4.79. The zero-order chi connectivity index (χ0) is 29.2. The monoisotopic (exact) mass is 558 g/mol. The van der Waals surface area contributed by atoms with E-state index < -0.39 is 60.1 Å². The minimum absolute atomic E-state index is 0.0196. The van der Waals surface area contributed by atoms with Gasteiger partial charge in [-0.05, 0) is 43.3 Å². The van der Waals surface area contributed by atoms with E-state index in [1.54, 1.807) is 0 Å². The van der Waals surface area contributed by atoms with Crippen molar-refractivity contribution in [2.24, 2.45) is 5.41 Å². The zero-order valence-corrected chi connectivity index (χ0v) is 21.1. The van der Waals surface area contributed by atoms with E-state index in [2.05, 4.69) is 6.58 Å². The highest BCUT2D eigenvalue weighted by molar-refractivity contribution is 5.87. The standard InChI is InChI=1S/C27H24F6O6/c1-15(2)23(34)38-14-25(3,12-26(28,29)30)13-37-18-6-5-16-9-20(24(35)39-22(16)11-18)19-8-7-17(36-4)10-21(19)27(31,32)33/h5-11H,1,12-14H2,2-4H3. The molecule has 6 nitrogen and oxygen atoms in total. The summed E-state index contributed by atoms with van der Waals surface area (Å²) in [4.78, 5) is 24.4. The topological polar surface area (TPSA) is 75.0 Å². The van der Waals surface area contributed by atoms with Crippen LogP contribution in [-0.2, 0) is 15.7 Å². The molecule has 1 aromatic heterocycles. The average molecular weight is 558 g/mol. The summed E-state index contributed by atoms with van der Waals surface area (Å²) in [6, 6.07) is 8.33. The molecule has 1 unspecified atom stereocenters. The highest BCUT2D eigenvalue weighted by Crippen LogP contribution is 2.39. The number of carbonyl (C=O) groups excluding carboxylic acids is 1. The second-order valence-electron chi connectivity index (χ2n) is 9.30. The summed E-state index contributed by atoms with van der Waals surface area (Å²) < 4.78 is 101. The van der Waals surface area contributed by atoms with Crippen molar-refractivity contribution >= 4 is 16.9 Å². The fourth-order valence-electron chi connectivity index (χ4n) is 3.74. The maximum absolute atomic E-state index is 13.7. The maximum Gasteiger partial charge on any atom is 0.417 e. The van der Waals surface area contributed by atoms with Crippen LogP contribution in [0.1, 0.15) is 25.8 Å². The molecule has 1 heterocycles. The van der Waals surface area contributed by atoms with E-state index in [-0.39, 0.29) is 33.6 Å². The number of alkyl halides is 6. The maximum atomic E-state index is 13.7. The Hall–Kier alpha value is -3.96. The Labute approximate surface area is 218 Å². The first-order valence-corrected chi connectivity index (χ1v) is 11.4. The van der Waals surface area contributed by atoms with Crippen molar-refractivity contribution in [3.8, 4) is 22.6 Å². The molecular weight excluding hydrogens is 534 g/mol. The second kappa shape index (κ2) is 11.0. The van der Waals surface area contributed by atoms with Gasteiger partial charge in [-0.25, -0.2) is 9.59 Å². The summed E-state index contributed by atoms with van der Waals surface area (Å²) in [5.41, 5.74) is -4.62. The van der Waals surface area contributed by atoms with Crippen LogP contribution in [-0.4, -0.2) is 32.5 Å². The molecule has 0 bridgehead atoms. The molecule has 0 aliphatic carbocycles. The molecule has 0 aliphatic heterocycles. The number of hydrogen-bond donors (Lipinski definition) is 0. The van der Waals surface area contributed by atoms with Crippen LogP contribution in [0.2, 0.25) is 0 Å². The third-order valence-electron chi connectivity index (χ3n) is 5.64. The number of ether oxygens (including phenoxy) is 3. The van der Waals surface area contributed by atoms with Gasteiger partial charge >= 0.3 is 23.9 Å². The lowest BCUT2D eigenvalue weighted by Gasteiger charge is -2.30. The molecular formula is C27H24F6O6. The molecule has 0 saturated heterocycles. The normalized spacial score (nSPS) is 13.6. The molecule has 12 heteroatoms. The molecule has 1 atom stereocenters. The summed E-state index contributed by atoms with van der Waals surface area (Å²) >= 11 is 0. The van der Waals surface area contributed by atoms with Crippen molar-refractivity contribution < 1.29 is 49.8 Å². The van der Waals surface area contributed by atoms with Crippen LogP contribution < -0.4 is 15.1 Å². The summed E-state index contributed by atoms with van der Waals surface area (Å²) in [5, 5.41) is 0.245. The van der Waals surface area contributed by atoms with Crippen molar-refractivity contribution in [2.45, 2.75) is 32.6 Å². The molecule has 2 aromatic carbocycles.